The van der Waals surface area contributed by atoms with Crippen LogP contribution in [-0.2, 0) is 9.53 Å². The van der Waals surface area contributed by atoms with Crippen molar-refractivity contribution in [2.24, 2.45) is 10.2 Å². The molecular weight excluding hydrogens is 546 g/mol. The lowest BCUT2D eigenvalue weighted by Gasteiger charge is -2.20. The third kappa shape index (κ3) is 4.74. The Morgan fingerprint density at radius 3 is 2.56 bits per heavy atom. The highest BCUT2D eigenvalue weighted by atomic mass is 79.9. The molecule has 2 aromatic carbocycles. The number of anilines is 2. The lowest BCUT2D eigenvalue weighted by atomic mass is 10.1. The average molecular weight is 567 g/mol. The summed E-state index contributed by atoms with van der Waals surface area (Å²) in [5.74, 6) is -1.04. The normalized spacial score (nSPS) is 13.1. The smallest absolute Gasteiger partial charge is 0.262 e. The highest BCUT2D eigenvalue weighted by Gasteiger charge is 2.36. The molecule has 0 radical (unpaired) electrons. The molecule has 0 aromatic heterocycles. The molecule has 168 valence electrons. The van der Waals surface area contributed by atoms with Crippen molar-refractivity contribution in [2.75, 3.05) is 44.6 Å². The number of fused-ring (bicyclic) bond motifs is 1. The molecule has 0 saturated heterocycles. The van der Waals surface area contributed by atoms with E-state index in [1.807, 2.05) is 18.0 Å². The van der Waals surface area contributed by atoms with Gasteiger partial charge in [0.15, 0.2) is 0 Å². The van der Waals surface area contributed by atoms with Crippen molar-refractivity contribution in [3.8, 4) is 0 Å². The van der Waals surface area contributed by atoms with Crippen molar-refractivity contribution >= 4 is 72.3 Å². The van der Waals surface area contributed by atoms with E-state index in [1.165, 1.54) is 14.0 Å². The van der Waals surface area contributed by atoms with Gasteiger partial charge in [-0.2, -0.15) is 0 Å². The fourth-order valence-electron chi connectivity index (χ4n) is 3.12. The van der Waals surface area contributed by atoms with Crippen LogP contribution in [0.5, 0.6) is 0 Å². The van der Waals surface area contributed by atoms with Gasteiger partial charge in [0.1, 0.15) is 11.4 Å². The van der Waals surface area contributed by atoms with E-state index in [2.05, 4.69) is 47.4 Å². The number of methoxy groups -OCH3 is 1. The molecule has 0 saturated carbocycles. The van der Waals surface area contributed by atoms with Crippen LogP contribution in [0.2, 0.25) is 0 Å². The van der Waals surface area contributed by atoms with Crippen molar-refractivity contribution in [1.82, 2.24) is 4.90 Å². The van der Waals surface area contributed by atoms with Crippen molar-refractivity contribution in [2.45, 2.75) is 6.92 Å². The maximum atomic E-state index is 12.4. The van der Waals surface area contributed by atoms with Gasteiger partial charge in [0.25, 0.3) is 11.8 Å². The molecule has 1 N–H and O–H groups in total. The SMILES string of the molecule is COCCN(C)c1ccc(N=Nc2c(Br)cc3c(c2Br)C(=O)N(C)C3=O)c(NC(C)=O)c1. The third-order valence-corrected chi connectivity index (χ3v) is 6.24. The summed E-state index contributed by atoms with van der Waals surface area (Å²) >= 11 is 6.80. The number of benzene rings is 2. The first kappa shape index (κ1) is 24.0. The molecule has 1 heterocycles. The van der Waals surface area contributed by atoms with Gasteiger partial charge in [-0.3, -0.25) is 19.3 Å². The number of carbonyl (C=O) groups excluding carboxylic acids is 3. The van der Waals surface area contributed by atoms with Gasteiger partial charge in [-0.15, -0.1) is 10.2 Å². The number of hydrogen-bond acceptors (Lipinski definition) is 7. The predicted octanol–water partition coefficient (Wildman–Crippen LogP) is 4.89. The fraction of sp³-hybridized carbons (Fsp3) is 0.286. The lowest BCUT2D eigenvalue weighted by molar-refractivity contribution is -0.114. The summed E-state index contributed by atoms with van der Waals surface area (Å²) in [6, 6.07) is 6.96. The van der Waals surface area contributed by atoms with Crippen LogP contribution in [0.1, 0.15) is 27.6 Å². The number of nitrogens with one attached hydrogen (secondary N) is 1. The van der Waals surface area contributed by atoms with Gasteiger partial charge in [-0.05, 0) is 56.1 Å². The number of imide groups is 1. The number of halogens is 2. The quantitative estimate of drug-likeness (QED) is 0.379. The lowest BCUT2D eigenvalue weighted by Crippen LogP contribution is -2.24. The molecule has 0 bridgehead atoms. The maximum absolute atomic E-state index is 12.4. The summed E-state index contributed by atoms with van der Waals surface area (Å²) in [6.07, 6.45) is 0. The number of azo groups is 1. The molecule has 0 unspecified atom stereocenters. The molecule has 0 fully saturated rings. The predicted molar refractivity (Wildman–Crippen MR) is 128 cm³/mol. The number of likely N-dealkylation sites (N-methyl/N-ethyl adjacent to an activating group) is 1. The molecule has 0 spiro atoms. The summed E-state index contributed by atoms with van der Waals surface area (Å²) in [7, 11) is 4.98. The van der Waals surface area contributed by atoms with Crippen LogP contribution in [0.4, 0.5) is 22.7 Å². The first-order chi connectivity index (χ1) is 15.1. The van der Waals surface area contributed by atoms with Crippen LogP contribution < -0.4 is 10.2 Å². The van der Waals surface area contributed by atoms with Crippen LogP contribution in [0.15, 0.2) is 43.4 Å². The second kappa shape index (κ2) is 9.88. The first-order valence-corrected chi connectivity index (χ1v) is 11.1. The zero-order chi connectivity index (χ0) is 23.6. The van der Waals surface area contributed by atoms with Gasteiger partial charge in [0, 0.05) is 44.8 Å². The molecule has 9 nitrogen and oxygen atoms in total. The minimum atomic E-state index is -0.414. The van der Waals surface area contributed by atoms with E-state index in [0.717, 1.165) is 10.6 Å². The number of rotatable bonds is 7. The minimum Gasteiger partial charge on any atom is -0.383 e. The number of hydrogen-bond donors (Lipinski definition) is 1. The van der Waals surface area contributed by atoms with Crippen LogP contribution in [0.3, 0.4) is 0 Å². The summed E-state index contributed by atoms with van der Waals surface area (Å²) in [6.45, 7) is 2.65. The monoisotopic (exact) mass is 565 g/mol. The van der Waals surface area contributed by atoms with E-state index >= 15 is 0 Å². The Kier molecular flexibility index (Phi) is 7.42. The highest BCUT2D eigenvalue weighted by molar-refractivity contribution is 9.11. The molecule has 1 aliphatic rings. The number of nitrogens with zero attached hydrogens (tertiary/aromatic N) is 4. The Bertz CT molecular complexity index is 1140. The van der Waals surface area contributed by atoms with Crippen molar-refractivity contribution in [1.29, 1.82) is 0 Å². The van der Waals surface area contributed by atoms with Gasteiger partial charge >= 0.3 is 0 Å². The Morgan fingerprint density at radius 2 is 1.91 bits per heavy atom. The second-order valence-corrected chi connectivity index (χ2v) is 8.76. The van der Waals surface area contributed by atoms with Gasteiger partial charge in [0.05, 0.1) is 27.9 Å². The fourth-order valence-corrected chi connectivity index (χ4v) is 4.57. The van der Waals surface area contributed by atoms with Gasteiger partial charge in [-0.1, -0.05) is 0 Å². The third-order valence-electron chi connectivity index (χ3n) is 4.87. The van der Waals surface area contributed by atoms with Crippen molar-refractivity contribution < 1.29 is 19.1 Å². The Morgan fingerprint density at radius 1 is 1.19 bits per heavy atom. The summed E-state index contributed by atoms with van der Waals surface area (Å²) in [5.41, 5.74) is 2.68. The van der Waals surface area contributed by atoms with Crippen LogP contribution >= 0.6 is 31.9 Å². The molecular formula is C21H21Br2N5O4. The van der Waals surface area contributed by atoms with Gasteiger partial charge < -0.3 is 15.0 Å². The topological polar surface area (TPSA) is 104 Å². The van der Waals surface area contributed by atoms with Gasteiger partial charge in [0.2, 0.25) is 5.91 Å². The summed E-state index contributed by atoms with van der Waals surface area (Å²) in [5, 5.41) is 11.4. The highest BCUT2D eigenvalue weighted by Crippen LogP contribution is 2.42. The van der Waals surface area contributed by atoms with E-state index in [0.29, 0.717) is 39.2 Å². The molecule has 2 aromatic rings. The molecule has 0 aliphatic carbocycles. The van der Waals surface area contributed by atoms with Crippen LogP contribution in [0, 0.1) is 0 Å². The van der Waals surface area contributed by atoms with Gasteiger partial charge in [-0.25, -0.2) is 0 Å². The maximum Gasteiger partial charge on any atom is 0.262 e. The molecule has 1 aliphatic heterocycles. The van der Waals surface area contributed by atoms with E-state index in [9.17, 15) is 14.4 Å². The van der Waals surface area contributed by atoms with Crippen LogP contribution in [-0.4, -0.2) is 57.0 Å². The minimum absolute atomic E-state index is 0.242. The van der Waals surface area contributed by atoms with E-state index in [1.54, 1.807) is 25.3 Å². The largest absolute Gasteiger partial charge is 0.383 e. The first-order valence-electron chi connectivity index (χ1n) is 9.53. The molecule has 32 heavy (non-hydrogen) atoms. The number of amides is 3. The van der Waals surface area contributed by atoms with Crippen molar-refractivity contribution in [3.05, 3.63) is 44.3 Å². The zero-order valence-electron chi connectivity index (χ0n) is 17.9. The number of carbonyl (C=O) groups is 3. The molecule has 3 rings (SSSR count). The Hall–Kier alpha value is -2.63. The molecule has 11 heteroatoms. The summed E-state index contributed by atoms with van der Waals surface area (Å²) < 4.78 is 5.98. The summed E-state index contributed by atoms with van der Waals surface area (Å²) in [4.78, 5) is 39.5. The Balaban J connectivity index is 2.00. The Labute approximate surface area is 202 Å². The standard InChI is InChI=1S/C21H21Br2N5O4/c1-11(29)24-16-9-12(27(2)7-8-32-4)5-6-15(16)25-26-19-14(22)10-13-17(18(19)23)21(31)28(3)20(13)30/h5-6,9-10H,7-8H2,1-4H3,(H,24,29). The second-order valence-electron chi connectivity index (χ2n) is 7.11. The molecule has 0 atom stereocenters. The number of ether oxygens (including phenoxy) is 1. The average Bonchev–Trinajstić information content (AvgIpc) is 2.96. The van der Waals surface area contributed by atoms with Crippen molar-refractivity contribution in [3.63, 3.8) is 0 Å². The van der Waals surface area contributed by atoms with E-state index in [-0.39, 0.29) is 22.9 Å². The van der Waals surface area contributed by atoms with Crippen LogP contribution in [0.25, 0.3) is 0 Å². The van der Waals surface area contributed by atoms with E-state index < -0.39 is 5.91 Å². The van der Waals surface area contributed by atoms with E-state index in [4.69, 9.17) is 4.74 Å². The zero-order valence-corrected chi connectivity index (χ0v) is 21.1. The molecule has 3 amide bonds.